The summed E-state index contributed by atoms with van der Waals surface area (Å²) in [6.45, 7) is 3.84. The van der Waals surface area contributed by atoms with Crippen molar-refractivity contribution in [2.75, 3.05) is 5.32 Å². The van der Waals surface area contributed by atoms with Crippen LogP contribution in [-0.4, -0.2) is 14.3 Å². The number of hydrogen-bond donors (Lipinski definition) is 1. The number of nitro groups is 1. The number of benzene rings is 1. The van der Waals surface area contributed by atoms with Crippen molar-refractivity contribution >= 4 is 17.2 Å². The molecule has 3 aromatic rings. The van der Waals surface area contributed by atoms with Crippen LogP contribution in [0.2, 0.25) is 0 Å². The molecule has 1 unspecified atom stereocenters. The largest absolute Gasteiger partial charge is 0.376 e. The van der Waals surface area contributed by atoms with Crippen LogP contribution in [0.4, 0.5) is 11.5 Å². The molecule has 7 heteroatoms. The van der Waals surface area contributed by atoms with E-state index < -0.39 is 16.2 Å². The number of aryl methyl sites for hydroxylation is 1. The van der Waals surface area contributed by atoms with Crippen molar-refractivity contribution < 1.29 is 4.92 Å². The van der Waals surface area contributed by atoms with E-state index in [0.717, 1.165) is 11.1 Å². The highest BCUT2D eigenvalue weighted by atomic mass is 16.6. The number of hydrogen-bond acceptors (Lipinski definition) is 5. The molecule has 0 aliphatic heterocycles. The molecular weight excluding hydrogens is 308 g/mol. The summed E-state index contributed by atoms with van der Waals surface area (Å²) in [6.07, 6.45) is 1.46. The molecule has 0 amide bonds. The van der Waals surface area contributed by atoms with Crippen molar-refractivity contribution in [3.63, 3.8) is 0 Å². The minimum atomic E-state index is -0.704. The predicted octanol–water partition coefficient (Wildman–Crippen LogP) is 3.08. The zero-order valence-electron chi connectivity index (χ0n) is 13.3. The van der Waals surface area contributed by atoms with E-state index in [1.54, 1.807) is 18.2 Å². The topological polar surface area (TPSA) is 89.5 Å². The molecule has 3 rings (SSSR count). The summed E-state index contributed by atoms with van der Waals surface area (Å²) >= 11 is 0. The first kappa shape index (κ1) is 15.7. The number of anilines is 1. The minimum Gasteiger partial charge on any atom is -0.358 e. The molecule has 1 N–H and O–H groups in total. The molecule has 0 aliphatic carbocycles. The van der Waals surface area contributed by atoms with Gasteiger partial charge in [0.25, 0.3) is 0 Å². The molecule has 0 saturated carbocycles. The van der Waals surface area contributed by atoms with Gasteiger partial charge in [0.05, 0.1) is 11.0 Å². The van der Waals surface area contributed by atoms with E-state index in [2.05, 4.69) is 10.3 Å². The smallest absolute Gasteiger partial charge is 0.358 e. The van der Waals surface area contributed by atoms with Gasteiger partial charge < -0.3 is 5.32 Å². The van der Waals surface area contributed by atoms with Crippen LogP contribution in [0.25, 0.3) is 5.65 Å². The van der Waals surface area contributed by atoms with Gasteiger partial charge in [-0.1, -0.05) is 30.3 Å². The third-order valence-corrected chi connectivity index (χ3v) is 3.90. The lowest BCUT2D eigenvalue weighted by atomic mass is 10.0. The average molecular weight is 324 g/mol. The number of nitrogens with zero attached hydrogens (tertiary/aromatic N) is 3. The van der Waals surface area contributed by atoms with Crippen LogP contribution >= 0.6 is 0 Å². The second-order valence-electron chi connectivity index (χ2n) is 5.52. The first-order valence-corrected chi connectivity index (χ1v) is 7.47. The molecular formula is C17H16N4O3. The van der Waals surface area contributed by atoms with Crippen molar-refractivity contribution in [3.8, 4) is 0 Å². The summed E-state index contributed by atoms with van der Waals surface area (Å²) < 4.78 is 1.17. The van der Waals surface area contributed by atoms with Gasteiger partial charge >= 0.3 is 11.2 Å². The van der Waals surface area contributed by atoms with Crippen LogP contribution in [0, 0.1) is 17.0 Å². The maximum Gasteiger partial charge on any atom is 0.376 e. The van der Waals surface area contributed by atoms with Gasteiger partial charge in [-0.05, 0) is 37.1 Å². The van der Waals surface area contributed by atoms with Gasteiger partial charge in [-0.2, -0.15) is 0 Å². The van der Waals surface area contributed by atoms with E-state index in [4.69, 9.17) is 0 Å². The summed E-state index contributed by atoms with van der Waals surface area (Å²) in [6, 6.07) is 12.5. The van der Waals surface area contributed by atoms with Gasteiger partial charge in [-0.25, -0.2) is 4.98 Å². The maximum atomic E-state index is 12.4. The average Bonchev–Trinajstić information content (AvgIpc) is 2.55. The van der Waals surface area contributed by atoms with Crippen molar-refractivity contribution in [1.29, 1.82) is 0 Å². The number of pyridine rings is 1. The van der Waals surface area contributed by atoms with E-state index in [1.165, 1.54) is 10.6 Å². The van der Waals surface area contributed by atoms with Gasteiger partial charge in [0.1, 0.15) is 5.65 Å². The van der Waals surface area contributed by atoms with Gasteiger partial charge in [-0.15, -0.1) is 0 Å². The van der Waals surface area contributed by atoms with Crippen LogP contribution < -0.4 is 10.9 Å². The Bertz CT molecular complexity index is 981. The molecule has 7 nitrogen and oxygen atoms in total. The summed E-state index contributed by atoms with van der Waals surface area (Å²) in [5.41, 5.74) is 1.14. The highest BCUT2D eigenvalue weighted by molar-refractivity contribution is 5.60. The van der Waals surface area contributed by atoms with Crippen molar-refractivity contribution in [2.45, 2.75) is 19.9 Å². The van der Waals surface area contributed by atoms with Crippen LogP contribution in [0.15, 0.2) is 53.5 Å². The zero-order valence-corrected chi connectivity index (χ0v) is 13.3. The fourth-order valence-electron chi connectivity index (χ4n) is 2.70. The molecule has 0 fully saturated rings. The molecule has 0 radical (unpaired) electrons. The Balaban J connectivity index is 2.12. The van der Waals surface area contributed by atoms with Crippen molar-refractivity contribution in [3.05, 3.63) is 80.3 Å². The highest BCUT2D eigenvalue weighted by Crippen LogP contribution is 2.25. The van der Waals surface area contributed by atoms with Gasteiger partial charge in [-0.3, -0.25) is 19.3 Å². The van der Waals surface area contributed by atoms with Crippen molar-refractivity contribution in [1.82, 2.24) is 9.38 Å². The molecule has 0 aliphatic rings. The first-order valence-electron chi connectivity index (χ1n) is 7.47. The van der Waals surface area contributed by atoms with Gasteiger partial charge in [0.15, 0.2) is 0 Å². The quantitative estimate of drug-likeness (QED) is 0.588. The summed E-state index contributed by atoms with van der Waals surface area (Å²) in [7, 11) is 0. The Morgan fingerprint density at radius 2 is 1.92 bits per heavy atom. The third-order valence-electron chi connectivity index (χ3n) is 3.90. The van der Waals surface area contributed by atoms with E-state index in [0.29, 0.717) is 5.65 Å². The molecule has 2 heterocycles. The second-order valence-corrected chi connectivity index (χ2v) is 5.52. The first-order chi connectivity index (χ1) is 11.5. The van der Waals surface area contributed by atoms with E-state index in [9.17, 15) is 14.9 Å². The van der Waals surface area contributed by atoms with Gasteiger partial charge in [0.2, 0.25) is 5.82 Å². The molecule has 122 valence electrons. The fourth-order valence-corrected chi connectivity index (χ4v) is 2.70. The maximum absolute atomic E-state index is 12.4. The Morgan fingerprint density at radius 1 is 1.21 bits per heavy atom. The fraction of sp³-hybridized carbons (Fsp3) is 0.176. The van der Waals surface area contributed by atoms with Crippen LogP contribution in [0.5, 0.6) is 0 Å². The third kappa shape index (κ3) is 2.71. The molecule has 0 bridgehead atoms. The summed E-state index contributed by atoms with van der Waals surface area (Å²) in [5.74, 6) is -0.0213. The standard InChI is InChI=1S/C17H16N4O3/c1-11-7-3-4-8-13(11)12(2)18-16-15(21(23)24)17(22)20-10-6-5-9-14(20)19-16/h3-10,12,18H,1-2H3. The molecule has 0 spiro atoms. The Kier molecular flexibility index (Phi) is 3.99. The lowest BCUT2D eigenvalue weighted by Crippen LogP contribution is -2.22. The van der Waals surface area contributed by atoms with E-state index >= 15 is 0 Å². The van der Waals surface area contributed by atoms with Crippen molar-refractivity contribution in [2.24, 2.45) is 0 Å². The second kappa shape index (κ2) is 6.11. The van der Waals surface area contributed by atoms with E-state index in [1.807, 2.05) is 38.1 Å². The highest BCUT2D eigenvalue weighted by Gasteiger charge is 2.25. The Hall–Kier alpha value is -3.22. The monoisotopic (exact) mass is 324 g/mol. The predicted molar refractivity (Wildman–Crippen MR) is 91.3 cm³/mol. The molecule has 2 aromatic heterocycles. The Morgan fingerprint density at radius 3 is 2.62 bits per heavy atom. The minimum absolute atomic E-state index is 0.0213. The van der Waals surface area contributed by atoms with E-state index in [-0.39, 0.29) is 11.9 Å². The van der Waals surface area contributed by atoms with Crippen LogP contribution in [-0.2, 0) is 0 Å². The van der Waals surface area contributed by atoms with Gasteiger partial charge in [0, 0.05) is 6.20 Å². The normalized spacial score (nSPS) is 12.1. The molecule has 0 saturated heterocycles. The summed E-state index contributed by atoms with van der Waals surface area (Å²) in [4.78, 5) is 27.4. The Labute approximate surface area is 137 Å². The zero-order chi connectivity index (χ0) is 17.3. The SMILES string of the molecule is Cc1ccccc1C(C)Nc1nc2ccccn2c(=O)c1[N+](=O)[O-]. The number of rotatable bonds is 4. The molecule has 24 heavy (non-hydrogen) atoms. The number of nitrogens with one attached hydrogen (secondary N) is 1. The molecule has 1 aromatic carbocycles. The van der Waals surface area contributed by atoms with Crippen LogP contribution in [0.3, 0.4) is 0 Å². The summed E-state index contributed by atoms with van der Waals surface area (Å²) in [5, 5.41) is 14.4. The van der Waals surface area contributed by atoms with Crippen LogP contribution in [0.1, 0.15) is 24.1 Å². The number of fused-ring (bicyclic) bond motifs is 1. The lowest BCUT2D eigenvalue weighted by Gasteiger charge is -2.17. The molecule has 1 atom stereocenters. The lowest BCUT2D eigenvalue weighted by molar-refractivity contribution is -0.385. The number of aromatic nitrogens is 2.